The molecule has 0 unspecified atom stereocenters. The molecule has 0 saturated carbocycles. The molecular formula is C11H17N3O5. The molecule has 2 aliphatic rings. The van der Waals surface area contributed by atoms with Gasteiger partial charge in [0.25, 0.3) is 5.54 Å². The highest BCUT2D eigenvalue weighted by Gasteiger charge is 2.64. The van der Waals surface area contributed by atoms with Crippen LogP contribution in [0.25, 0.3) is 0 Å². The average Bonchev–Trinajstić information content (AvgIpc) is 2.34. The quantitative estimate of drug-likeness (QED) is 0.440. The lowest BCUT2D eigenvalue weighted by Gasteiger charge is -2.45. The molecule has 0 aromatic carbocycles. The molecule has 1 saturated heterocycles. The molecule has 1 heterocycles. The van der Waals surface area contributed by atoms with Crippen molar-refractivity contribution < 1.29 is 15.0 Å². The van der Waals surface area contributed by atoms with Crippen LogP contribution in [0.15, 0.2) is 11.6 Å². The fourth-order valence-corrected chi connectivity index (χ4v) is 3.19. The second-order valence-electron chi connectivity index (χ2n) is 5.47. The predicted octanol–water partition coefficient (Wildman–Crippen LogP) is 0.0654. The summed E-state index contributed by atoms with van der Waals surface area (Å²) < 4.78 is 0. The Labute approximate surface area is 110 Å². The standard InChI is InChI=1S/C11H17N3O5/c1-9-2-3-10(13(16)17)6-11(9,14(18)19)8-12(7-10)4-5-15/h2,15H,3-8H2,1H3/t10-,11+/m1/s1. The molecule has 0 radical (unpaired) electrons. The number of piperidine rings is 1. The first kappa shape index (κ1) is 13.9. The van der Waals surface area contributed by atoms with Crippen molar-refractivity contribution in [3.05, 3.63) is 31.9 Å². The van der Waals surface area contributed by atoms with Crippen molar-refractivity contribution in [3.8, 4) is 0 Å². The summed E-state index contributed by atoms with van der Waals surface area (Å²) in [6.07, 6.45) is 1.78. The van der Waals surface area contributed by atoms with Crippen LogP contribution in [-0.2, 0) is 0 Å². The molecule has 0 spiro atoms. The van der Waals surface area contributed by atoms with Gasteiger partial charge < -0.3 is 5.11 Å². The maximum absolute atomic E-state index is 11.5. The SMILES string of the molecule is CC1=CC[C@]2([N+](=O)[O-])CN(CCO)C[C@@]1([N+](=O)[O-])C2. The number of β-amino-alcohol motifs (C(OH)–C–C–N with tert-alkyl or cyclic N) is 1. The van der Waals surface area contributed by atoms with Gasteiger partial charge in [0.05, 0.1) is 26.1 Å². The molecule has 0 aromatic heterocycles. The van der Waals surface area contributed by atoms with Crippen LogP contribution >= 0.6 is 0 Å². The third kappa shape index (κ3) is 2.00. The van der Waals surface area contributed by atoms with Gasteiger partial charge in [-0.1, -0.05) is 6.08 Å². The Morgan fingerprint density at radius 3 is 2.58 bits per heavy atom. The maximum atomic E-state index is 11.5. The van der Waals surface area contributed by atoms with Crippen LogP contribution in [0.4, 0.5) is 0 Å². The predicted molar refractivity (Wildman–Crippen MR) is 66.0 cm³/mol. The van der Waals surface area contributed by atoms with E-state index < -0.39 is 20.9 Å². The Balaban J connectivity index is 2.46. The van der Waals surface area contributed by atoms with Crippen LogP contribution in [-0.4, -0.2) is 57.2 Å². The van der Waals surface area contributed by atoms with Crippen LogP contribution in [0.5, 0.6) is 0 Å². The van der Waals surface area contributed by atoms with Crippen LogP contribution in [0.2, 0.25) is 0 Å². The summed E-state index contributed by atoms with van der Waals surface area (Å²) in [7, 11) is 0. The summed E-state index contributed by atoms with van der Waals surface area (Å²) in [5, 5.41) is 31.8. The van der Waals surface area contributed by atoms with Gasteiger partial charge >= 0.3 is 0 Å². The average molecular weight is 271 g/mol. The number of aliphatic hydroxyl groups is 1. The van der Waals surface area contributed by atoms with Crippen LogP contribution in [0, 0.1) is 20.2 Å². The third-order valence-corrected chi connectivity index (χ3v) is 4.30. The van der Waals surface area contributed by atoms with Crippen LogP contribution in [0.3, 0.4) is 0 Å². The van der Waals surface area contributed by atoms with E-state index in [4.69, 9.17) is 5.11 Å². The highest BCUT2D eigenvalue weighted by molar-refractivity contribution is 5.25. The Morgan fingerprint density at radius 2 is 2.05 bits per heavy atom. The van der Waals surface area contributed by atoms with Crippen molar-refractivity contribution in [2.45, 2.75) is 30.8 Å². The van der Waals surface area contributed by atoms with Gasteiger partial charge in [0.1, 0.15) is 0 Å². The largest absolute Gasteiger partial charge is 0.395 e. The summed E-state index contributed by atoms with van der Waals surface area (Å²) in [5.74, 6) is 0. The first-order chi connectivity index (χ1) is 8.86. The second-order valence-corrected chi connectivity index (χ2v) is 5.47. The van der Waals surface area contributed by atoms with Crippen molar-refractivity contribution in [1.29, 1.82) is 0 Å². The molecule has 2 rings (SSSR count). The summed E-state index contributed by atoms with van der Waals surface area (Å²) in [6.45, 7) is 2.00. The summed E-state index contributed by atoms with van der Waals surface area (Å²) in [5.41, 5.74) is -2.11. The van der Waals surface area contributed by atoms with Gasteiger partial charge in [0, 0.05) is 28.4 Å². The number of aliphatic hydroxyl groups excluding tert-OH is 1. The second kappa shape index (κ2) is 4.53. The van der Waals surface area contributed by atoms with E-state index in [1.54, 1.807) is 17.9 Å². The molecule has 19 heavy (non-hydrogen) atoms. The molecule has 1 aliphatic carbocycles. The first-order valence-corrected chi connectivity index (χ1v) is 6.16. The molecule has 1 aliphatic heterocycles. The van der Waals surface area contributed by atoms with E-state index in [0.29, 0.717) is 5.57 Å². The Kier molecular flexibility index (Phi) is 3.31. The highest BCUT2D eigenvalue weighted by atomic mass is 16.6. The van der Waals surface area contributed by atoms with Gasteiger partial charge in [-0.05, 0) is 6.92 Å². The van der Waals surface area contributed by atoms with E-state index in [0.717, 1.165) is 0 Å². The summed E-state index contributed by atoms with van der Waals surface area (Å²) >= 11 is 0. The third-order valence-electron chi connectivity index (χ3n) is 4.30. The molecule has 1 fully saturated rings. The van der Waals surface area contributed by atoms with Gasteiger partial charge in [0.2, 0.25) is 5.54 Å². The van der Waals surface area contributed by atoms with Crippen molar-refractivity contribution in [3.63, 3.8) is 0 Å². The monoisotopic (exact) mass is 271 g/mol. The van der Waals surface area contributed by atoms with Crippen molar-refractivity contribution in [2.75, 3.05) is 26.2 Å². The lowest BCUT2D eigenvalue weighted by atomic mass is 9.68. The highest BCUT2D eigenvalue weighted by Crippen LogP contribution is 2.43. The van der Waals surface area contributed by atoms with E-state index in [1.807, 2.05) is 0 Å². The van der Waals surface area contributed by atoms with Crippen molar-refractivity contribution >= 4 is 0 Å². The minimum absolute atomic E-state index is 0.0652. The molecule has 106 valence electrons. The smallest absolute Gasteiger partial charge is 0.262 e. The van der Waals surface area contributed by atoms with Crippen molar-refractivity contribution in [2.24, 2.45) is 0 Å². The lowest BCUT2D eigenvalue weighted by Crippen LogP contribution is -2.67. The molecular weight excluding hydrogens is 254 g/mol. The number of hydrogen-bond donors (Lipinski definition) is 1. The van der Waals surface area contributed by atoms with E-state index in [-0.39, 0.29) is 39.1 Å². The zero-order chi connectivity index (χ0) is 14.3. The van der Waals surface area contributed by atoms with Crippen LogP contribution < -0.4 is 0 Å². The number of nitrogens with zero attached hydrogens (tertiary/aromatic N) is 3. The van der Waals surface area contributed by atoms with E-state index >= 15 is 0 Å². The molecule has 0 amide bonds. The maximum Gasteiger partial charge on any atom is 0.262 e. The van der Waals surface area contributed by atoms with Gasteiger partial charge in [-0.3, -0.25) is 25.1 Å². The minimum atomic E-state index is -1.39. The van der Waals surface area contributed by atoms with Crippen molar-refractivity contribution in [1.82, 2.24) is 4.90 Å². The van der Waals surface area contributed by atoms with Gasteiger partial charge in [-0.25, -0.2) is 0 Å². The fraction of sp³-hybridized carbons (Fsp3) is 0.818. The molecule has 2 bridgehead atoms. The topological polar surface area (TPSA) is 110 Å². The Hall–Kier alpha value is -1.54. The molecule has 8 nitrogen and oxygen atoms in total. The Bertz CT molecular complexity index is 452. The fourth-order valence-electron chi connectivity index (χ4n) is 3.19. The Morgan fingerprint density at radius 1 is 1.37 bits per heavy atom. The number of hydrogen-bond acceptors (Lipinski definition) is 6. The van der Waals surface area contributed by atoms with Gasteiger partial charge in [0.15, 0.2) is 0 Å². The molecule has 0 aromatic rings. The summed E-state index contributed by atoms with van der Waals surface area (Å²) in [6, 6.07) is 0. The molecule has 1 N–H and O–H groups in total. The summed E-state index contributed by atoms with van der Waals surface area (Å²) in [4.78, 5) is 23.7. The zero-order valence-corrected chi connectivity index (χ0v) is 10.7. The van der Waals surface area contributed by atoms with Gasteiger partial charge in [-0.2, -0.15) is 0 Å². The van der Waals surface area contributed by atoms with E-state index in [2.05, 4.69) is 0 Å². The lowest BCUT2D eigenvalue weighted by molar-refractivity contribution is -0.621. The minimum Gasteiger partial charge on any atom is -0.395 e. The van der Waals surface area contributed by atoms with Gasteiger partial charge in [-0.15, -0.1) is 0 Å². The van der Waals surface area contributed by atoms with E-state index in [9.17, 15) is 20.2 Å². The first-order valence-electron chi connectivity index (χ1n) is 6.16. The number of rotatable bonds is 4. The number of fused-ring (bicyclic) bond motifs is 2. The van der Waals surface area contributed by atoms with E-state index in [1.165, 1.54) is 0 Å². The number of nitro groups is 2. The molecule has 2 atom stereocenters. The van der Waals surface area contributed by atoms with Crippen LogP contribution in [0.1, 0.15) is 19.8 Å². The zero-order valence-electron chi connectivity index (χ0n) is 10.7. The number of likely N-dealkylation sites (tertiary alicyclic amines) is 1. The normalized spacial score (nSPS) is 34.7. The molecule has 8 heteroatoms.